The lowest BCUT2D eigenvalue weighted by Crippen LogP contribution is -2.40. The number of hydrogen-bond donors (Lipinski definition) is 1. The van der Waals surface area contributed by atoms with Gasteiger partial charge >= 0.3 is 6.03 Å². The summed E-state index contributed by atoms with van der Waals surface area (Å²) in [6.07, 6.45) is 6.30. The third-order valence-electron chi connectivity index (χ3n) is 4.17. The summed E-state index contributed by atoms with van der Waals surface area (Å²) in [6, 6.07) is 6.17. The monoisotopic (exact) mass is 308 g/mol. The van der Waals surface area contributed by atoms with E-state index in [0.717, 1.165) is 18.9 Å². The maximum absolute atomic E-state index is 13.4. The maximum atomic E-state index is 13.4. The van der Waals surface area contributed by atoms with Crippen molar-refractivity contribution in [1.29, 1.82) is 0 Å². The van der Waals surface area contributed by atoms with Gasteiger partial charge < -0.3 is 15.0 Å². The Kier molecular flexibility index (Phi) is 6.49. The highest BCUT2D eigenvalue weighted by Gasteiger charge is 2.15. The quantitative estimate of drug-likeness (QED) is 0.838. The molecule has 1 aliphatic carbocycles. The van der Waals surface area contributed by atoms with Crippen molar-refractivity contribution in [2.45, 2.75) is 32.1 Å². The highest BCUT2D eigenvalue weighted by atomic mass is 19.1. The molecule has 1 fully saturated rings. The molecule has 0 spiro atoms. The van der Waals surface area contributed by atoms with Crippen molar-refractivity contribution in [3.63, 3.8) is 0 Å². The van der Waals surface area contributed by atoms with Gasteiger partial charge in [0.25, 0.3) is 0 Å². The summed E-state index contributed by atoms with van der Waals surface area (Å²) < 4.78 is 18.7. The number of carbonyl (C=O) groups excluding carboxylic acids is 1. The number of carbonyl (C=O) groups is 1. The van der Waals surface area contributed by atoms with Crippen LogP contribution in [0.2, 0.25) is 0 Å². The lowest BCUT2D eigenvalue weighted by molar-refractivity contribution is 0.193. The van der Waals surface area contributed by atoms with Crippen molar-refractivity contribution < 1.29 is 13.9 Å². The smallest absolute Gasteiger partial charge is 0.317 e. The van der Waals surface area contributed by atoms with Gasteiger partial charge in [-0.1, -0.05) is 37.8 Å². The fraction of sp³-hybridized carbons (Fsp3) is 0.588. The molecule has 0 bridgehead atoms. The second-order valence-electron chi connectivity index (χ2n) is 5.87. The second-order valence-corrected chi connectivity index (χ2v) is 5.87. The Labute approximate surface area is 131 Å². The van der Waals surface area contributed by atoms with E-state index in [-0.39, 0.29) is 24.2 Å². The SMILES string of the molecule is CN(CCOc1ccccc1F)C(=O)NCCC1CCCC1. The summed E-state index contributed by atoms with van der Waals surface area (Å²) in [5, 5.41) is 2.93. The molecule has 5 heteroatoms. The summed E-state index contributed by atoms with van der Waals surface area (Å²) in [5.41, 5.74) is 0. The molecule has 4 nitrogen and oxygen atoms in total. The number of amides is 2. The van der Waals surface area contributed by atoms with Crippen LogP contribution in [-0.4, -0.2) is 37.7 Å². The lowest BCUT2D eigenvalue weighted by Gasteiger charge is -2.19. The predicted molar refractivity (Wildman–Crippen MR) is 84.5 cm³/mol. The molecule has 1 N–H and O–H groups in total. The van der Waals surface area contributed by atoms with Gasteiger partial charge in [0.15, 0.2) is 11.6 Å². The number of urea groups is 1. The van der Waals surface area contributed by atoms with Crippen molar-refractivity contribution >= 4 is 6.03 Å². The summed E-state index contributed by atoms with van der Waals surface area (Å²) >= 11 is 0. The van der Waals surface area contributed by atoms with E-state index < -0.39 is 0 Å². The van der Waals surface area contributed by atoms with Gasteiger partial charge in [-0.05, 0) is 24.5 Å². The molecule has 0 atom stereocenters. The summed E-state index contributed by atoms with van der Waals surface area (Å²) in [6.45, 7) is 1.42. The minimum absolute atomic E-state index is 0.102. The molecular weight excluding hydrogens is 283 g/mol. The Bertz CT molecular complexity index is 475. The first kappa shape index (κ1) is 16.6. The number of halogens is 1. The van der Waals surface area contributed by atoms with Crippen molar-refractivity contribution in [2.24, 2.45) is 5.92 Å². The first-order valence-corrected chi connectivity index (χ1v) is 8.03. The standard InChI is InChI=1S/C17H25FN2O2/c1-20(12-13-22-16-9-5-4-8-15(16)18)17(21)19-11-10-14-6-2-3-7-14/h4-5,8-9,14H,2-3,6-7,10-13H2,1H3,(H,19,21). The Hall–Kier alpha value is -1.78. The van der Waals surface area contributed by atoms with E-state index in [1.54, 1.807) is 30.1 Å². The van der Waals surface area contributed by atoms with Crippen LogP contribution in [0.4, 0.5) is 9.18 Å². The Balaban J connectivity index is 1.60. The topological polar surface area (TPSA) is 41.6 Å². The first-order chi connectivity index (χ1) is 10.7. The number of para-hydroxylation sites is 1. The zero-order valence-corrected chi connectivity index (χ0v) is 13.2. The van der Waals surface area contributed by atoms with Gasteiger partial charge in [-0.25, -0.2) is 9.18 Å². The van der Waals surface area contributed by atoms with Crippen LogP contribution in [-0.2, 0) is 0 Å². The van der Waals surface area contributed by atoms with Gasteiger partial charge in [-0.3, -0.25) is 0 Å². The van der Waals surface area contributed by atoms with Crippen LogP contribution in [0.15, 0.2) is 24.3 Å². The fourth-order valence-electron chi connectivity index (χ4n) is 2.77. The first-order valence-electron chi connectivity index (χ1n) is 8.03. The van der Waals surface area contributed by atoms with Crippen molar-refractivity contribution in [1.82, 2.24) is 10.2 Å². The van der Waals surface area contributed by atoms with E-state index in [1.807, 2.05) is 0 Å². The lowest BCUT2D eigenvalue weighted by atomic mass is 10.0. The maximum Gasteiger partial charge on any atom is 0.317 e. The number of likely N-dealkylation sites (N-methyl/N-ethyl adjacent to an activating group) is 1. The molecule has 2 rings (SSSR count). The molecule has 0 radical (unpaired) electrons. The summed E-state index contributed by atoms with van der Waals surface area (Å²) in [4.78, 5) is 13.5. The van der Waals surface area contributed by atoms with Crippen LogP contribution in [0, 0.1) is 11.7 Å². The molecule has 1 saturated carbocycles. The van der Waals surface area contributed by atoms with E-state index in [0.29, 0.717) is 6.54 Å². The van der Waals surface area contributed by atoms with Crippen LogP contribution in [0.3, 0.4) is 0 Å². The molecule has 0 saturated heterocycles. The third-order valence-corrected chi connectivity index (χ3v) is 4.17. The van der Waals surface area contributed by atoms with Crippen LogP contribution in [0.25, 0.3) is 0 Å². The molecule has 0 aromatic heterocycles. The Morgan fingerprint density at radius 3 is 2.82 bits per heavy atom. The van der Waals surface area contributed by atoms with Crippen LogP contribution in [0.5, 0.6) is 5.75 Å². The second kappa shape index (κ2) is 8.61. The van der Waals surface area contributed by atoms with Crippen molar-refractivity contribution in [3.05, 3.63) is 30.1 Å². The summed E-state index contributed by atoms with van der Waals surface area (Å²) in [7, 11) is 1.72. The van der Waals surface area contributed by atoms with Gasteiger partial charge in [0.2, 0.25) is 0 Å². The number of ether oxygens (including phenoxy) is 1. The molecule has 0 unspecified atom stereocenters. The number of nitrogens with zero attached hydrogens (tertiary/aromatic N) is 1. The Morgan fingerprint density at radius 2 is 2.09 bits per heavy atom. The van der Waals surface area contributed by atoms with Gasteiger partial charge in [-0.2, -0.15) is 0 Å². The minimum Gasteiger partial charge on any atom is -0.489 e. The third kappa shape index (κ3) is 5.20. The zero-order chi connectivity index (χ0) is 15.8. The molecule has 0 aliphatic heterocycles. The van der Waals surface area contributed by atoms with E-state index in [2.05, 4.69) is 5.32 Å². The molecular formula is C17H25FN2O2. The number of benzene rings is 1. The number of rotatable bonds is 7. The Morgan fingerprint density at radius 1 is 1.36 bits per heavy atom. The van der Waals surface area contributed by atoms with E-state index in [4.69, 9.17) is 4.74 Å². The molecule has 1 aliphatic rings. The van der Waals surface area contributed by atoms with Crippen LogP contribution >= 0.6 is 0 Å². The largest absolute Gasteiger partial charge is 0.489 e. The highest BCUT2D eigenvalue weighted by Crippen LogP contribution is 2.26. The van der Waals surface area contributed by atoms with Crippen molar-refractivity contribution in [3.8, 4) is 5.75 Å². The molecule has 122 valence electrons. The van der Waals surface area contributed by atoms with Gasteiger partial charge in [0, 0.05) is 13.6 Å². The predicted octanol–water partition coefficient (Wildman–Crippen LogP) is 3.43. The zero-order valence-electron chi connectivity index (χ0n) is 13.2. The molecule has 2 amide bonds. The number of hydrogen-bond acceptors (Lipinski definition) is 2. The number of nitrogens with one attached hydrogen (secondary N) is 1. The highest BCUT2D eigenvalue weighted by molar-refractivity contribution is 5.73. The van der Waals surface area contributed by atoms with E-state index in [9.17, 15) is 9.18 Å². The van der Waals surface area contributed by atoms with Crippen LogP contribution in [0.1, 0.15) is 32.1 Å². The van der Waals surface area contributed by atoms with Crippen molar-refractivity contribution in [2.75, 3.05) is 26.7 Å². The molecule has 1 aromatic carbocycles. The summed E-state index contributed by atoms with van der Waals surface area (Å²) in [5.74, 6) is 0.610. The van der Waals surface area contributed by atoms with Gasteiger partial charge in [0.1, 0.15) is 6.61 Å². The molecule has 22 heavy (non-hydrogen) atoms. The van der Waals surface area contributed by atoms with Crippen LogP contribution < -0.4 is 10.1 Å². The van der Waals surface area contributed by atoms with Gasteiger partial charge in [-0.15, -0.1) is 0 Å². The fourth-order valence-corrected chi connectivity index (χ4v) is 2.77. The molecule has 1 aromatic rings. The average molecular weight is 308 g/mol. The van der Waals surface area contributed by atoms with Gasteiger partial charge in [0.05, 0.1) is 6.54 Å². The van der Waals surface area contributed by atoms with E-state index in [1.165, 1.54) is 31.7 Å². The molecule has 0 heterocycles. The minimum atomic E-state index is -0.383. The van der Waals surface area contributed by atoms with E-state index >= 15 is 0 Å². The average Bonchev–Trinajstić information content (AvgIpc) is 3.02. The normalized spacial score (nSPS) is 14.8.